The van der Waals surface area contributed by atoms with Gasteiger partial charge in [0.1, 0.15) is 12.1 Å². The molecule has 2 atom stereocenters. The molecule has 0 aliphatic carbocycles. The fourth-order valence-electron chi connectivity index (χ4n) is 3.10. The van der Waals surface area contributed by atoms with Gasteiger partial charge in [-0.15, -0.1) is 11.3 Å². The van der Waals surface area contributed by atoms with E-state index < -0.39 is 10.2 Å². The van der Waals surface area contributed by atoms with Gasteiger partial charge in [-0.2, -0.15) is 17.4 Å². The van der Waals surface area contributed by atoms with Gasteiger partial charge in [-0.05, 0) is 23.3 Å². The Morgan fingerprint density at radius 2 is 2.08 bits per heavy atom. The van der Waals surface area contributed by atoms with Gasteiger partial charge >= 0.3 is 0 Å². The number of thiophene rings is 1. The number of aromatic nitrogens is 2. The molecule has 0 amide bonds. The Labute approximate surface area is 146 Å². The van der Waals surface area contributed by atoms with Crippen LogP contribution in [0.2, 0.25) is 0 Å². The average molecular weight is 370 g/mol. The van der Waals surface area contributed by atoms with Gasteiger partial charge in [-0.3, -0.25) is 0 Å². The molecule has 3 heterocycles. The number of hydrogen-bond donors (Lipinski definition) is 1. The molecule has 1 saturated heterocycles. The van der Waals surface area contributed by atoms with Gasteiger partial charge in [-0.1, -0.05) is 13.8 Å². The highest BCUT2D eigenvalue weighted by molar-refractivity contribution is 7.87. The Morgan fingerprint density at radius 3 is 2.75 bits per heavy atom. The molecule has 0 spiro atoms. The predicted octanol–water partition coefficient (Wildman–Crippen LogP) is 1.55. The summed E-state index contributed by atoms with van der Waals surface area (Å²) in [7, 11) is -0.377. The lowest BCUT2D eigenvalue weighted by Crippen LogP contribution is -2.46. The Hall–Kier alpha value is -1.29. The molecule has 1 N–H and O–H groups in total. The molecule has 1 fully saturated rings. The highest BCUT2D eigenvalue weighted by Gasteiger charge is 2.38. The summed E-state index contributed by atoms with van der Waals surface area (Å²) in [5.74, 6) is 1.49. The lowest BCUT2D eigenvalue weighted by atomic mass is 9.92. The molecule has 24 heavy (non-hydrogen) atoms. The summed E-state index contributed by atoms with van der Waals surface area (Å²) < 4.78 is 29.6. The largest absolute Gasteiger partial charge is 0.353 e. The molecule has 2 aromatic rings. The van der Waals surface area contributed by atoms with Gasteiger partial charge in [0.25, 0.3) is 10.2 Å². The number of nitrogens with one attached hydrogen (secondary N) is 1. The zero-order chi connectivity index (χ0) is 17.5. The average Bonchev–Trinajstić information content (AvgIpc) is 3.12. The van der Waals surface area contributed by atoms with E-state index in [4.69, 9.17) is 0 Å². The molecule has 132 valence electrons. The van der Waals surface area contributed by atoms with E-state index in [-0.39, 0.29) is 12.0 Å². The van der Waals surface area contributed by atoms with Crippen LogP contribution in [0.4, 0.5) is 5.82 Å². The van der Waals surface area contributed by atoms with Gasteiger partial charge in [0, 0.05) is 33.2 Å². The summed E-state index contributed by atoms with van der Waals surface area (Å²) >= 11 is 1.62. The third-order valence-corrected chi connectivity index (χ3v) is 6.99. The molecular weight excluding hydrogens is 346 g/mol. The van der Waals surface area contributed by atoms with Gasteiger partial charge in [0.15, 0.2) is 0 Å². The zero-order valence-corrected chi connectivity index (χ0v) is 15.9. The van der Waals surface area contributed by atoms with Gasteiger partial charge < -0.3 is 4.90 Å². The zero-order valence-electron chi connectivity index (χ0n) is 14.3. The van der Waals surface area contributed by atoms with Crippen LogP contribution < -0.4 is 9.62 Å². The molecule has 0 saturated carbocycles. The molecule has 1 aliphatic rings. The predicted molar refractivity (Wildman–Crippen MR) is 97.5 cm³/mol. The van der Waals surface area contributed by atoms with E-state index >= 15 is 0 Å². The molecule has 2 aromatic heterocycles. The van der Waals surface area contributed by atoms with E-state index in [2.05, 4.69) is 33.4 Å². The van der Waals surface area contributed by atoms with Crippen molar-refractivity contribution in [3.8, 4) is 0 Å². The van der Waals surface area contributed by atoms with Crippen LogP contribution >= 0.6 is 11.3 Å². The Morgan fingerprint density at radius 1 is 1.33 bits per heavy atom. The SMILES string of the molecule is CC(C)[C@@H]1CN(c2ncnc3ccsc23)C[C@H]1NS(=O)(=O)N(C)C. The molecule has 9 heteroatoms. The van der Waals surface area contributed by atoms with Crippen LogP contribution in [0, 0.1) is 11.8 Å². The molecule has 0 unspecified atom stereocenters. The summed E-state index contributed by atoms with van der Waals surface area (Å²) in [6.07, 6.45) is 1.58. The standard InChI is InChI=1S/C15H23N5O2S2/c1-10(2)11-7-20(8-13(11)18-24(21,22)19(3)4)15-14-12(5-6-23-14)16-9-17-15/h5-6,9-11,13,18H,7-8H2,1-4H3/t11-,13+/m0/s1. The number of hydrogen-bond acceptors (Lipinski definition) is 6. The maximum Gasteiger partial charge on any atom is 0.279 e. The van der Waals surface area contributed by atoms with Crippen molar-refractivity contribution >= 4 is 37.6 Å². The molecule has 1 aliphatic heterocycles. The van der Waals surface area contributed by atoms with Gasteiger partial charge in [0.05, 0.1) is 10.2 Å². The number of anilines is 1. The third kappa shape index (κ3) is 3.26. The summed E-state index contributed by atoms with van der Waals surface area (Å²) in [5, 5.41) is 2.01. The van der Waals surface area contributed by atoms with E-state index in [0.717, 1.165) is 22.6 Å². The highest BCUT2D eigenvalue weighted by atomic mass is 32.2. The Balaban J connectivity index is 1.89. The lowest BCUT2D eigenvalue weighted by molar-refractivity contribution is 0.358. The molecule has 7 nitrogen and oxygen atoms in total. The summed E-state index contributed by atoms with van der Waals surface area (Å²) in [4.78, 5) is 10.9. The second-order valence-electron chi connectivity index (χ2n) is 6.66. The maximum absolute atomic E-state index is 12.2. The van der Waals surface area contributed by atoms with E-state index in [9.17, 15) is 8.42 Å². The first-order valence-corrected chi connectivity index (χ1v) is 10.2. The van der Waals surface area contributed by atoms with Crippen LogP contribution in [0.5, 0.6) is 0 Å². The van der Waals surface area contributed by atoms with Gasteiger partial charge in [-0.25, -0.2) is 9.97 Å². The lowest BCUT2D eigenvalue weighted by Gasteiger charge is -2.24. The van der Waals surface area contributed by atoms with Gasteiger partial charge in [0.2, 0.25) is 0 Å². The van der Waals surface area contributed by atoms with Crippen molar-refractivity contribution in [1.82, 2.24) is 19.0 Å². The van der Waals surface area contributed by atoms with Crippen LogP contribution in [0.3, 0.4) is 0 Å². The van der Waals surface area contributed by atoms with E-state index in [0.29, 0.717) is 12.5 Å². The monoisotopic (exact) mass is 369 g/mol. The normalized spacial score (nSPS) is 22.2. The smallest absolute Gasteiger partial charge is 0.279 e. The minimum absolute atomic E-state index is 0.137. The summed E-state index contributed by atoms with van der Waals surface area (Å²) in [6, 6.07) is 1.84. The molecule has 3 rings (SSSR count). The fourth-order valence-corrected chi connectivity index (χ4v) is 4.80. The first kappa shape index (κ1) is 17.5. The molecule has 0 radical (unpaired) electrons. The van der Waals surface area contributed by atoms with Crippen molar-refractivity contribution in [3.05, 3.63) is 17.8 Å². The first-order valence-electron chi connectivity index (χ1n) is 7.92. The van der Waals surface area contributed by atoms with E-state index in [1.807, 2.05) is 11.4 Å². The second kappa shape index (κ2) is 6.55. The van der Waals surface area contributed by atoms with Crippen molar-refractivity contribution in [1.29, 1.82) is 0 Å². The van der Waals surface area contributed by atoms with Crippen LogP contribution in [0.1, 0.15) is 13.8 Å². The third-order valence-electron chi connectivity index (χ3n) is 4.53. The Kier molecular flexibility index (Phi) is 4.78. The van der Waals surface area contributed by atoms with Crippen molar-refractivity contribution in [2.24, 2.45) is 11.8 Å². The van der Waals surface area contributed by atoms with Crippen molar-refractivity contribution < 1.29 is 8.42 Å². The summed E-state index contributed by atoms with van der Waals surface area (Å²) in [5.41, 5.74) is 0.934. The van der Waals surface area contributed by atoms with Crippen LogP contribution in [-0.2, 0) is 10.2 Å². The fraction of sp³-hybridized carbons (Fsp3) is 0.600. The van der Waals surface area contributed by atoms with Crippen LogP contribution in [0.15, 0.2) is 17.8 Å². The highest BCUT2D eigenvalue weighted by Crippen LogP contribution is 2.33. The van der Waals surface area contributed by atoms with E-state index in [1.165, 1.54) is 4.31 Å². The topological polar surface area (TPSA) is 78.4 Å². The number of rotatable bonds is 5. The van der Waals surface area contributed by atoms with Crippen LogP contribution in [-0.4, -0.2) is 55.9 Å². The van der Waals surface area contributed by atoms with Crippen molar-refractivity contribution in [2.45, 2.75) is 19.9 Å². The minimum Gasteiger partial charge on any atom is -0.353 e. The summed E-state index contributed by atoms with van der Waals surface area (Å²) in [6.45, 7) is 5.65. The molecule has 0 bridgehead atoms. The molecule has 0 aromatic carbocycles. The Bertz CT molecular complexity index is 818. The van der Waals surface area contributed by atoms with Crippen molar-refractivity contribution in [3.63, 3.8) is 0 Å². The number of nitrogens with zero attached hydrogens (tertiary/aromatic N) is 4. The number of fused-ring (bicyclic) bond motifs is 1. The quantitative estimate of drug-likeness (QED) is 0.865. The maximum atomic E-state index is 12.2. The molecular formula is C15H23N5O2S2. The van der Waals surface area contributed by atoms with Crippen molar-refractivity contribution in [2.75, 3.05) is 32.1 Å². The minimum atomic E-state index is -3.46. The second-order valence-corrected chi connectivity index (χ2v) is 9.49. The first-order chi connectivity index (χ1) is 11.3. The van der Waals surface area contributed by atoms with Crippen LogP contribution in [0.25, 0.3) is 10.2 Å². The van der Waals surface area contributed by atoms with E-state index in [1.54, 1.807) is 31.8 Å².